The number of hydrogen-bond donors (Lipinski definition) is 1. The summed E-state index contributed by atoms with van der Waals surface area (Å²) >= 11 is 0. The Morgan fingerprint density at radius 2 is 1.64 bits per heavy atom. The Hall–Kier alpha value is -2.82. The van der Waals surface area contributed by atoms with Gasteiger partial charge in [0.05, 0.1) is 12.0 Å². The van der Waals surface area contributed by atoms with Crippen LogP contribution in [0.2, 0.25) is 0 Å². The van der Waals surface area contributed by atoms with Crippen molar-refractivity contribution in [3.05, 3.63) is 65.7 Å². The third-order valence-electron chi connectivity index (χ3n) is 5.92. The van der Waals surface area contributed by atoms with Crippen LogP contribution in [0.3, 0.4) is 0 Å². The number of carboxylic acid groups (broad SMARTS) is 1. The molecule has 0 bridgehead atoms. The third kappa shape index (κ3) is 3.75. The highest BCUT2D eigenvalue weighted by atomic mass is 16.5. The summed E-state index contributed by atoms with van der Waals surface area (Å²) in [6, 6.07) is 16.6. The van der Waals surface area contributed by atoms with Gasteiger partial charge in [0.2, 0.25) is 0 Å². The van der Waals surface area contributed by atoms with Gasteiger partial charge in [-0.05, 0) is 61.4 Å². The summed E-state index contributed by atoms with van der Waals surface area (Å²) in [5, 5.41) is 9.89. The predicted octanol–water partition coefficient (Wildman–Crippen LogP) is 3.73. The van der Waals surface area contributed by atoms with Gasteiger partial charge in [-0.3, -0.25) is 9.59 Å². The number of piperidine rings is 1. The molecule has 0 unspecified atom stereocenters. The molecule has 1 saturated heterocycles. The summed E-state index contributed by atoms with van der Waals surface area (Å²) in [7, 11) is 0. The van der Waals surface area contributed by atoms with Crippen molar-refractivity contribution in [1.29, 1.82) is 0 Å². The lowest BCUT2D eigenvalue weighted by molar-refractivity contribution is -0.145. The minimum Gasteiger partial charge on any atom is -0.493 e. The summed E-state index contributed by atoms with van der Waals surface area (Å²) in [6.45, 7) is 1.61. The van der Waals surface area contributed by atoms with Crippen LogP contribution in [-0.4, -0.2) is 41.6 Å². The lowest BCUT2D eigenvalue weighted by atomic mass is 9.73. The van der Waals surface area contributed by atoms with Crippen LogP contribution in [-0.2, 0) is 10.2 Å². The summed E-state index contributed by atoms with van der Waals surface area (Å²) < 4.78 is 5.72. The van der Waals surface area contributed by atoms with Gasteiger partial charge in [-0.25, -0.2) is 0 Å². The first-order chi connectivity index (χ1) is 13.6. The molecule has 0 spiro atoms. The van der Waals surface area contributed by atoms with Crippen molar-refractivity contribution in [2.45, 2.75) is 31.1 Å². The number of nitrogens with zero attached hydrogens (tertiary/aromatic N) is 1. The molecule has 0 aromatic heterocycles. The molecule has 1 heterocycles. The number of amides is 1. The number of rotatable bonds is 6. The molecule has 0 radical (unpaired) electrons. The molecular formula is C23H25NO4. The highest BCUT2D eigenvalue weighted by Gasteiger charge is 2.43. The van der Waals surface area contributed by atoms with Gasteiger partial charge >= 0.3 is 5.97 Å². The molecular weight excluding hydrogens is 354 g/mol. The SMILES string of the molecule is O=C(c1ccc(OCC2CC2)cc1)N1CCC(C(=O)O)(c2ccccc2)CC1. The van der Waals surface area contributed by atoms with E-state index in [9.17, 15) is 14.7 Å². The summed E-state index contributed by atoms with van der Waals surface area (Å²) in [4.78, 5) is 26.7. The molecule has 5 nitrogen and oxygen atoms in total. The fraction of sp³-hybridized carbons (Fsp3) is 0.391. The van der Waals surface area contributed by atoms with E-state index in [1.165, 1.54) is 12.8 Å². The van der Waals surface area contributed by atoms with Crippen LogP contribution < -0.4 is 4.74 Å². The quantitative estimate of drug-likeness (QED) is 0.830. The molecule has 4 rings (SSSR count). The van der Waals surface area contributed by atoms with Gasteiger partial charge in [-0.15, -0.1) is 0 Å². The molecule has 2 fully saturated rings. The molecule has 0 atom stereocenters. The topological polar surface area (TPSA) is 66.8 Å². The Bertz CT molecular complexity index is 835. The van der Waals surface area contributed by atoms with Crippen molar-refractivity contribution in [3.63, 3.8) is 0 Å². The highest BCUT2D eigenvalue weighted by Crippen LogP contribution is 2.36. The van der Waals surface area contributed by atoms with Crippen LogP contribution in [0.15, 0.2) is 54.6 Å². The van der Waals surface area contributed by atoms with Gasteiger partial charge < -0.3 is 14.7 Å². The Morgan fingerprint density at radius 1 is 1.00 bits per heavy atom. The zero-order chi connectivity index (χ0) is 19.6. The number of aliphatic carboxylic acids is 1. The Balaban J connectivity index is 1.41. The van der Waals surface area contributed by atoms with Crippen LogP contribution in [0.25, 0.3) is 0 Å². The van der Waals surface area contributed by atoms with Crippen molar-refractivity contribution in [2.75, 3.05) is 19.7 Å². The number of carboxylic acids is 1. The second kappa shape index (κ2) is 7.66. The van der Waals surface area contributed by atoms with E-state index in [4.69, 9.17) is 4.74 Å². The largest absolute Gasteiger partial charge is 0.493 e. The molecule has 1 saturated carbocycles. The average Bonchev–Trinajstić information content (AvgIpc) is 3.57. The number of carbonyl (C=O) groups excluding carboxylic acids is 1. The van der Waals surface area contributed by atoms with Gasteiger partial charge in [0.15, 0.2) is 0 Å². The van der Waals surface area contributed by atoms with E-state index >= 15 is 0 Å². The Labute approximate surface area is 164 Å². The maximum absolute atomic E-state index is 12.8. The molecule has 2 aliphatic rings. The molecule has 2 aromatic carbocycles. The summed E-state index contributed by atoms with van der Waals surface area (Å²) in [5.74, 6) is 0.605. The van der Waals surface area contributed by atoms with Gasteiger partial charge in [-0.1, -0.05) is 30.3 Å². The van der Waals surface area contributed by atoms with E-state index in [-0.39, 0.29) is 5.91 Å². The third-order valence-corrected chi connectivity index (χ3v) is 5.92. The van der Waals surface area contributed by atoms with Gasteiger partial charge in [0, 0.05) is 18.7 Å². The monoisotopic (exact) mass is 379 g/mol. The first-order valence-corrected chi connectivity index (χ1v) is 9.89. The fourth-order valence-electron chi connectivity index (χ4n) is 3.85. The Kier molecular flexibility index (Phi) is 5.07. The van der Waals surface area contributed by atoms with Crippen molar-refractivity contribution in [1.82, 2.24) is 4.90 Å². The molecule has 146 valence electrons. The van der Waals surface area contributed by atoms with Crippen LogP contribution in [0.5, 0.6) is 5.75 Å². The van der Waals surface area contributed by atoms with Crippen molar-refractivity contribution in [3.8, 4) is 5.75 Å². The summed E-state index contributed by atoms with van der Waals surface area (Å²) in [5.41, 5.74) is 0.506. The molecule has 1 N–H and O–H groups in total. The average molecular weight is 379 g/mol. The number of benzene rings is 2. The van der Waals surface area contributed by atoms with E-state index in [0.717, 1.165) is 17.9 Å². The lowest BCUT2D eigenvalue weighted by Gasteiger charge is -2.39. The zero-order valence-electron chi connectivity index (χ0n) is 15.8. The molecule has 1 aliphatic heterocycles. The van der Waals surface area contributed by atoms with Crippen LogP contribution in [0.4, 0.5) is 0 Å². The van der Waals surface area contributed by atoms with E-state index < -0.39 is 11.4 Å². The van der Waals surface area contributed by atoms with E-state index in [0.29, 0.717) is 37.4 Å². The first-order valence-electron chi connectivity index (χ1n) is 9.89. The molecule has 1 amide bonds. The number of hydrogen-bond acceptors (Lipinski definition) is 3. The van der Waals surface area contributed by atoms with Crippen LogP contribution in [0, 0.1) is 5.92 Å². The van der Waals surface area contributed by atoms with Gasteiger partial charge in [0.25, 0.3) is 5.91 Å². The molecule has 1 aliphatic carbocycles. The number of likely N-dealkylation sites (tertiary alicyclic amines) is 1. The predicted molar refractivity (Wildman–Crippen MR) is 106 cm³/mol. The minimum absolute atomic E-state index is 0.0548. The lowest BCUT2D eigenvalue weighted by Crippen LogP contribution is -2.49. The van der Waals surface area contributed by atoms with Crippen molar-refractivity contribution in [2.24, 2.45) is 5.92 Å². The Morgan fingerprint density at radius 3 is 2.21 bits per heavy atom. The molecule has 28 heavy (non-hydrogen) atoms. The maximum atomic E-state index is 12.8. The highest BCUT2D eigenvalue weighted by molar-refractivity contribution is 5.94. The van der Waals surface area contributed by atoms with Gasteiger partial charge in [0.1, 0.15) is 5.75 Å². The number of ether oxygens (including phenoxy) is 1. The van der Waals surface area contributed by atoms with E-state index in [2.05, 4.69) is 0 Å². The standard InChI is InChI=1S/C23H25NO4/c25-21(18-8-10-20(11-9-18)28-16-17-6-7-17)24-14-12-23(13-15-24,22(26)27)19-4-2-1-3-5-19/h1-5,8-11,17H,6-7,12-16H2,(H,26,27). The second-order valence-corrected chi connectivity index (χ2v) is 7.82. The first kappa shape index (κ1) is 18.5. The fourth-order valence-corrected chi connectivity index (χ4v) is 3.85. The molecule has 5 heteroatoms. The number of carbonyl (C=O) groups is 2. The molecule has 2 aromatic rings. The van der Waals surface area contributed by atoms with Crippen molar-refractivity contribution >= 4 is 11.9 Å². The van der Waals surface area contributed by atoms with Gasteiger partial charge in [-0.2, -0.15) is 0 Å². The summed E-state index contributed by atoms with van der Waals surface area (Å²) in [6.07, 6.45) is 3.32. The normalized spacial score (nSPS) is 18.5. The minimum atomic E-state index is -0.918. The van der Waals surface area contributed by atoms with Crippen LogP contribution >= 0.6 is 0 Å². The second-order valence-electron chi connectivity index (χ2n) is 7.82. The maximum Gasteiger partial charge on any atom is 0.314 e. The van der Waals surface area contributed by atoms with E-state index in [1.807, 2.05) is 42.5 Å². The zero-order valence-corrected chi connectivity index (χ0v) is 15.8. The van der Waals surface area contributed by atoms with Crippen molar-refractivity contribution < 1.29 is 19.4 Å². The van der Waals surface area contributed by atoms with E-state index in [1.54, 1.807) is 17.0 Å². The smallest absolute Gasteiger partial charge is 0.314 e. The van der Waals surface area contributed by atoms with Crippen LogP contribution in [0.1, 0.15) is 41.6 Å².